The molecule has 4 rings (SSSR count). The number of anilines is 3. The van der Waals surface area contributed by atoms with Crippen molar-refractivity contribution in [1.29, 1.82) is 0 Å². The summed E-state index contributed by atoms with van der Waals surface area (Å²) in [5, 5.41) is 8.77. The lowest BCUT2D eigenvalue weighted by atomic mass is 10.2. The van der Waals surface area contributed by atoms with E-state index in [1.165, 1.54) is 17.7 Å². The van der Waals surface area contributed by atoms with Crippen molar-refractivity contribution in [3.63, 3.8) is 0 Å². The maximum absolute atomic E-state index is 12.8. The zero-order valence-corrected chi connectivity index (χ0v) is 18.5. The SMILES string of the molecule is COc1cc2ncnc(Nc3ccsc3C(=O)Nc3cccc(Br)c3)c2cc1OC. The Labute approximate surface area is 185 Å². The van der Waals surface area contributed by atoms with E-state index in [1.54, 1.807) is 20.3 Å². The number of nitrogens with zero attached hydrogens (tertiary/aromatic N) is 2. The Hall–Kier alpha value is -3.17. The highest BCUT2D eigenvalue weighted by molar-refractivity contribution is 9.10. The van der Waals surface area contributed by atoms with Crippen LogP contribution in [0.15, 0.2) is 58.6 Å². The first kappa shape index (κ1) is 20.1. The molecule has 30 heavy (non-hydrogen) atoms. The molecule has 0 aliphatic heterocycles. The van der Waals surface area contributed by atoms with Gasteiger partial charge in [0.1, 0.15) is 17.0 Å². The van der Waals surface area contributed by atoms with Gasteiger partial charge in [0, 0.05) is 21.6 Å². The van der Waals surface area contributed by atoms with E-state index in [9.17, 15) is 4.79 Å². The number of ether oxygens (including phenoxy) is 2. The molecule has 2 heterocycles. The van der Waals surface area contributed by atoms with Crippen LogP contribution in [0.4, 0.5) is 17.2 Å². The van der Waals surface area contributed by atoms with Gasteiger partial charge in [-0.3, -0.25) is 4.79 Å². The second-order valence-electron chi connectivity index (χ2n) is 6.20. The molecule has 0 bridgehead atoms. The summed E-state index contributed by atoms with van der Waals surface area (Å²) >= 11 is 4.76. The number of fused-ring (bicyclic) bond motifs is 1. The van der Waals surface area contributed by atoms with E-state index >= 15 is 0 Å². The highest BCUT2D eigenvalue weighted by Gasteiger charge is 2.16. The average molecular weight is 485 g/mol. The lowest BCUT2D eigenvalue weighted by Crippen LogP contribution is -2.12. The molecule has 0 aliphatic rings. The third kappa shape index (κ3) is 4.07. The largest absolute Gasteiger partial charge is 0.493 e. The molecule has 1 amide bonds. The number of aromatic nitrogens is 2. The Kier molecular flexibility index (Phi) is 5.82. The molecule has 0 radical (unpaired) electrons. The van der Waals surface area contributed by atoms with Crippen LogP contribution in [0.2, 0.25) is 0 Å². The molecule has 0 spiro atoms. The highest BCUT2D eigenvalue weighted by Crippen LogP contribution is 2.35. The summed E-state index contributed by atoms with van der Waals surface area (Å²) in [5.74, 6) is 1.51. The molecule has 0 atom stereocenters. The Balaban J connectivity index is 1.65. The summed E-state index contributed by atoms with van der Waals surface area (Å²) in [5.41, 5.74) is 2.06. The van der Waals surface area contributed by atoms with Gasteiger partial charge in [-0.15, -0.1) is 11.3 Å². The van der Waals surface area contributed by atoms with E-state index in [4.69, 9.17) is 9.47 Å². The standard InChI is InChI=1S/C21H17BrN4O3S/c1-28-17-9-14-16(10-18(17)29-2)23-11-24-20(14)26-15-6-7-30-19(15)21(27)25-13-5-3-4-12(22)8-13/h3-11H,1-2H3,(H,25,27)(H,23,24,26). The fourth-order valence-corrected chi connectivity index (χ4v) is 4.09. The smallest absolute Gasteiger partial charge is 0.267 e. The minimum Gasteiger partial charge on any atom is -0.493 e. The van der Waals surface area contributed by atoms with Crippen molar-refractivity contribution in [2.75, 3.05) is 24.9 Å². The molecule has 0 aliphatic carbocycles. The number of halogens is 1. The van der Waals surface area contributed by atoms with Crippen LogP contribution in [0.3, 0.4) is 0 Å². The number of hydrogen-bond donors (Lipinski definition) is 2. The molecule has 0 saturated carbocycles. The fraction of sp³-hybridized carbons (Fsp3) is 0.0952. The number of benzene rings is 2. The number of carbonyl (C=O) groups is 1. The van der Waals surface area contributed by atoms with Crippen LogP contribution in [-0.2, 0) is 0 Å². The maximum Gasteiger partial charge on any atom is 0.267 e. The summed E-state index contributed by atoms with van der Waals surface area (Å²) in [7, 11) is 3.15. The van der Waals surface area contributed by atoms with Crippen LogP contribution >= 0.6 is 27.3 Å². The number of methoxy groups -OCH3 is 2. The topological polar surface area (TPSA) is 85.4 Å². The molecular weight excluding hydrogens is 468 g/mol. The molecule has 2 aromatic carbocycles. The molecule has 0 unspecified atom stereocenters. The number of nitrogens with one attached hydrogen (secondary N) is 2. The van der Waals surface area contributed by atoms with Crippen LogP contribution in [0.25, 0.3) is 10.9 Å². The van der Waals surface area contributed by atoms with Crippen LogP contribution in [0, 0.1) is 0 Å². The number of carbonyl (C=O) groups excluding carboxylic acids is 1. The number of hydrogen-bond acceptors (Lipinski definition) is 7. The molecule has 9 heteroatoms. The minimum absolute atomic E-state index is 0.205. The van der Waals surface area contributed by atoms with Crippen LogP contribution in [0.1, 0.15) is 9.67 Å². The zero-order chi connectivity index (χ0) is 21.1. The van der Waals surface area contributed by atoms with Crippen molar-refractivity contribution in [2.45, 2.75) is 0 Å². The van der Waals surface area contributed by atoms with Crippen molar-refractivity contribution in [2.24, 2.45) is 0 Å². The second kappa shape index (κ2) is 8.68. The van der Waals surface area contributed by atoms with Crippen molar-refractivity contribution < 1.29 is 14.3 Å². The molecule has 2 N–H and O–H groups in total. The van der Waals surface area contributed by atoms with Gasteiger partial charge in [0.25, 0.3) is 5.91 Å². The van der Waals surface area contributed by atoms with Crippen molar-refractivity contribution in [1.82, 2.24) is 9.97 Å². The third-order valence-corrected chi connectivity index (χ3v) is 5.75. The van der Waals surface area contributed by atoms with E-state index in [2.05, 4.69) is 36.5 Å². The number of amides is 1. The molecule has 0 fully saturated rings. The summed E-state index contributed by atoms with van der Waals surface area (Å²) in [4.78, 5) is 22.0. The zero-order valence-electron chi connectivity index (χ0n) is 16.1. The van der Waals surface area contributed by atoms with Gasteiger partial charge in [-0.05, 0) is 35.7 Å². The lowest BCUT2D eigenvalue weighted by Gasteiger charge is -2.12. The Morgan fingerprint density at radius 2 is 1.87 bits per heavy atom. The van der Waals surface area contributed by atoms with E-state index in [0.717, 1.165) is 9.86 Å². The van der Waals surface area contributed by atoms with Gasteiger partial charge in [0.05, 0.1) is 25.4 Å². The van der Waals surface area contributed by atoms with Gasteiger partial charge in [0.2, 0.25) is 0 Å². The first-order chi connectivity index (χ1) is 14.6. The van der Waals surface area contributed by atoms with Crippen molar-refractivity contribution in [3.05, 3.63) is 63.5 Å². The van der Waals surface area contributed by atoms with Gasteiger partial charge >= 0.3 is 0 Å². The first-order valence-electron chi connectivity index (χ1n) is 8.87. The van der Waals surface area contributed by atoms with E-state index in [0.29, 0.717) is 39.1 Å². The maximum atomic E-state index is 12.8. The molecular formula is C21H17BrN4O3S. The predicted molar refractivity (Wildman–Crippen MR) is 122 cm³/mol. The highest BCUT2D eigenvalue weighted by atomic mass is 79.9. The van der Waals surface area contributed by atoms with E-state index in [1.807, 2.05) is 41.8 Å². The van der Waals surface area contributed by atoms with Gasteiger partial charge in [-0.2, -0.15) is 0 Å². The Morgan fingerprint density at radius 1 is 1.07 bits per heavy atom. The van der Waals surface area contributed by atoms with Crippen LogP contribution in [0.5, 0.6) is 11.5 Å². The predicted octanol–water partition coefficient (Wildman–Crippen LogP) is 5.47. The van der Waals surface area contributed by atoms with Gasteiger partial charge in [-0.25, -0.2) is 9.97 Å². The monoisotopic (exact) mass is 484 g/mol. The van der Waals surface area contributed by atoms with E-state index in [-0.39, 0.29) is 5.91 Å². The summed E-state index contributed by atoms with van der Waals surface area (Å²) < 4.78 is 11.6. The number of rotatable bonds is 6. The summed E-state index contributed by atoms with van der Waals surface area (Å²) in [6.07, 6.45) is 1.46. The quantitative estimate of drug-likeness (QED) is 0.377. The third-order valence-electron chi connectivity index (χ3n) is 4.35. The van der Waals surface area contributed by atoms with Crippen molar-refractivity contribution in [3.8, 4) is 11.5 Å². The molecule has 4 aromatic rings. The summed E-state index contributed by atoms with van der Waals surface area (Å²) in [6.45, 7) is 0. The van der Waals surface area contributed by atoms with Gasteiger partial charge in [-0.1, -0.05) is 22.0 Å². The average Bonchev–Trinajstić information content (AvgIpc) is 3.21. The molecule has 7 nitrogen and oxygen atoms in total. The fourth-order valence-electron chi connectivity index (χ4n) is 2.95. The van der Waals surface area contributed by atoms with Gasteiger partial charge in [0.15, 0.2) is 11.5 Å². The molecule has 152 valence electrons. The van der Waals surface area contributed by atoms with Crippen molar-refractivity contribution >= 4 is 61.3 Å². The Morgan fingerprint density at radius 3 is 2.63 bits per heavy atom. The van der Waals surface area contributed by atoms with Crippen LogP contribution in [-0.4, -0.2) is 30.1 Å². The normalized spacial score (nSPS) is 10.6. The second-order valence-corrected chi connectivity index (χ2v) is 8.03. The van der Waals surface area contributed by atoms with Gasteiger partial charge < -0.3 is 20.1 Å². The minimum atomic E-state index is -0.205. The molecule has 2 aromatic heterocycles. The lowest BCUT2D eigenvalue weighted by molar-refractivity contribution is 0.103. The number of thiophene rings is 1. The molecule has 0 saturated heterocycles. The van der Waals surface area contributed by atoms with E-state index < -0.39 is 0 Å². The summed E-state index contributed by atoms with van der Waals surface area (Å²) in [6, 6.07) is 12.9. The first-order valence-corrected chi connectivity index (χ1v) is 10.5. The Bertz CT molecular complexity index is 1230. The van der Waals surface area contributed by atoms with Crippen LogP contribution < -0.4 is 20.1 Å².